The lowest BCUT2D eigenvalue weighted by Crippen LogP contribution is -2.16. The van der Waals surface area contributed by atoms with Crippen LogP contribution in [0.25, 0.3) is 0 Å². The Morgan fingerprint density at radius 3 is 2.80 bits per heavy atom. The predicted molar refractivity (Wildman–Crippen MR) is 75.3 cm³/mol. The molecule has 0 aliphatic carbocycles. The third kappa shape index (κ3) is 4.76. The molecule has 1 aromatic carbocycles. The van der Waals surface area contributed by atoms with Gasteiger partial charge in [-0.25, -0.2) is 4.39 Å². The summed E-state index contributed by atoms with van der Waals surface area (Å²) in [5.41, 5.74) is -0.151. The van der Waals surface area contributed by atoms with E-state index in [4.69, 9.17) is 5.11 Å². The fraction of sp³-hybridized carbons (Fsp3) is 0.417. The maximum absolute atomic E-state index is 13.3. The normalized spacial score (nSPS) is 11.9. The molecule has 0 heterocycles. The van der Waals surface area contributed by atoms with Gasteiger partial charge in [0.05, 0.1) is 15.5 Å². The molecule has 8 heteroatoms. The van der Waals surface area contributed by atoms with Crippen LogP contribution in [0.1, 0.15) is 26.2 Å². The summed E-state index contributed by atoms with van der Waals surface area (Å²) >= 11 is 2.98. The second-order valence-electron chi connectivity index (χ2n) is 4.37. The van der Waals surface area contributed by atoms with Crippen LogP contribution in [0.4, 0.5) is 15.8 Å². The fourth-order valence-corrected chi connectivity index (χ4v) is 2.04. The zero-order valence-corrected chi connectivity index (χ0v) is 12.3. The highest BCUT2D eigenvalue weighted by molar-refractivity contribution is 9.10. The molecule has 0 aromatic heterocycles. The maximum Gasteiger partial charge on any atom is 0.303 e. The van der Waals surface area contributed by atoms with E-state index >= 15 is 0 Å². The highest BCUT2D eigenvalue weighted by atomic mass is 79.9. The van der Waals surface area contributed by atoms with Crippen molar-refractivity contribution in [3.63, 3.8) is 0 Å². The van der Waals surface area contributed by atoms with Gasteiger partial charge in [-0.3, -0.25) is 14.9 Å². The molecule has 1 aromatic rings. The Morgan fingerprint density at radius 1 is 1.60 bits per heavy atom. The van der Waals surface area contributed by atoms with Gasteiger partial charge < -0.3 is 10.4 Å². The van der Waals surface area contributed by atoms with Gasteiger partial charge in [0.15, 0.2) is 0 Å². The van der Waals surface area contributed by atoms with Crippen molar-refractivity contribution in [2.24, 2.45) is 0 Å². The zero-order chi connectivity index (χ0) is 15.3. The topological polar surface area (TPSA) is 92.5 Å². The smallest absolute Gasteiger partial charge is 0.303 e. The van der Waals surface area contributed by atoms with E-state index in [9.17, 15) is 19.3 Å². The van der Waals surface area contributed by atoms with Crippen LogP contribution in [0.3, 0.4) is 0 Å². The summed E-state index contributed by atoms with van der Waals surface area (Å²) in [6.07, 6.45) is 1.04. The number of carboxylic acids is 1. The zero-order valence-electron chi connectivity index (χ0n) is 10.7. The number of nitro groups is 1. The summed E-state index contributed by atoms with van der Waals surface area (Å²) in [7, 11) is 0. The number of carbonyl (C=O) groups is 1. The molecular weight excluding hydrogens is 335 g/mol. The van der Waals surface area contributed by atoms with E-state index in [1.54, 1.807) is 6.92 Å². The minimum Gasteiger partial charge on any atom is -0.481 e. The average Bonchev–Trinajstić information content (AvgIpc) is 2.32. The van der Waals surface area contributed by atoms with Crippen molar-refractivity contribution in [1.82, 2.24) is 0 Å². The van der Waals surface area contributed by atoms with E-state index in [2.05, 4.69) is 21.2 Å². The molecule has 20 heavy (non-hydrogen) atoms. The third-order valence-corrected chi connectivity index (χ3v) is 3.27. The van der Waals surface area contributed by atoms with E-state index in [1.165, 1.54) is 6.07 Å². The molecule has 0 saturated heterocycles. The van der Waals surface area contributed by atoms with Crippen LogP contribution in [-0.4, -0.2) is 22.0 Å². The maximum atomic E-state index is 13.3. The first-order chi connectivity index (χ1) is 9.31. The Bertz CT molecular complexity index is 524. The van der Waals surface area contributed by atoms with Crippen LogP contribution >= 0.6 is 15.9 Å². The van der Waals surface area contributed by atoms with Crippen molar-refractivity contribution in [3.05, 3.63) is 32.5 Å². The molecular formula is C12H14BrFN2O4. The van der Waals surface area contributed by atoms with E-state index in [-0.39, 0.29) is 28.3 Å². The standard InChI is InChI=1S/C12H14BrFN2O4/c1-7(3-2-4-12(17)18)15-10-5-8(13)9(14)6-11(10)16(19)20/h5-7,15H,2-4H2,1H3,(H,17,18). The predicted octanol–water partition coefficient (Wildman–Crippen LogP) is 3.55. The minimum absolute atomic E-state index is 0.0429. The lowest BCUT2D eigenvalue weighted by molar-refractivity contribution is -0.384. The van der Waals surface area contributed by atoms with E-state index in [1.807, 2.05) is 0 Å². The number of rotatable bonds is 7. The number of nitro benzene ring substituents is 1. The molecule has 1 atom stereocenters. The molecule has 0 spiro atoms. The van der Waals surface area contributed by atoms with Crippen LogP contribution < -0.4 is 5.32 Å². The number of hydrogen-bond donors (Lipinski definition) is 2. The quantitative estimate of drug-likeness (QED) is 0.580. The van der Waals surface area contributed by atoms with E-state index in [0.29, 0.717) is 12.8 Å². The molecule has 1 unspecified atom stereocenters. The van der Waals surface area contributed by atoms with Gasteiger partial charge in [0.25, 0.3) is 5.69 Å². The first-order valence-corrected chi connectivity index (χ1v) is 6.72. The molecule has 0 bridgehead atoms. The van der Waals surface area contributed by atoms with Crippen molar-refractivity contribution in [3.8, 4) is 0 Å². The van der Waals surface area contributed by atoms with Crippen LogP contribution in [-0.2, 0) is 4.79 Å². The summed E-state index contributed by atoms with van der Waals surface area (Å²) in [5, 5.41) is 22.3. The number of aliphatic carboxylic acids is 1. The van der Waals surface area contributed by atoms with Crippen LogP contribution in [0.15, 0.2) is 16.6 Å². The molecule has 0 amide bonds. The van der Waals surface area contributed by atoms with Gasteiger partial charge in [-0.05, 0) is 41.8 Å². The van der Waals surface area contributed by atoms with Gasteiger partial charge in [-0.2, -0.15) is 0 Å². The molecule has 0 saturated carbocycles. The van der Waals surface area contributed by atoms with Crippen molar-refractivity contribution < 1.29 is 19.2 Å². The van der Waals surface area contributed by atoms with Crippen molar-refractivity contribution >= 4 is 33.3 Å². The highest BCUT2D eigenvalue weighted by Crippen LogP contribution is 2.31. The SMILES string of the molecule is CC(CCCC(=O)O)Nc1cc(Br)c(F)cc1[N+](=O)[O-]. The van der Waals surface area contributed by atoms with Crippen molar-refractivity contribution in [2.75, 3.05) is 5.32 Å². The van der Waals surface area contributed by atoms with Gasteiger partial charge in [-0.15, -0.1) is 0 Å². The summed E-state index contributed by atoms with van der Waals surface area (Å²) in [4.78, 5) is 20.6. The molecule has 2 N–H and O–H groups in total. The summed E-state index contributed by atoms with van der Waals surface area (Å²) in [5.74, 6) is -1.59. The number of anilines is 1. The molecule has 6 nitrogen and oxygen atoms in total. The number of benzene rings is 1. The average molecular weight is 349 g/mol. The molecule has 110 valence electrons. The Morgan fingerprint density at radius 2 is 2.25 bits per heavy atom. The monoisotopic (exact) mass is 348 g/mol. The second kappa shape index (κ2) is 7.18. The van der Waals surface area contributed by atoms with Crippen LogP contribution in [0, 0.1) is 15.9 Å². The van der Waals surface area contributed by atoms with E-state index in [0.717, 1.165) is 6.07 Å². The lowest BCUT2D eigenvalue weighted by Gasteiger charge is -2.15. The van der Waals surface area contributed by atoms with Crippen molar-refractivity contribution in [1.29, 1.82) is 0 Å². The molecule has 1 rings (SSSR count). The van der Waals surface area contributed by atoms with E-state index < -0.39 is 16.7 Å². The Labute approximate surface area is 123 Å². The lowest BCUT2D eigenvalue weighted by atomic mass is 10.1. The summed E-state index contributed by atoms with van der Waals surface area (Å²) < 4.78 is 13.4. The molecule has 0 radical (unpaired) electrons. The minimum atomic E-state index is -0.882. The van der Waals surface area contributed by atoms with Crippen LogP contribution in [0.2, 0.25) is 0 Å². The van der Waals surface area contributed by atoms with Gasteiger partial charge in [0, 0.05) is 12.5 Å². The Balaban J connectivity index is 2.78. The summed E-state index contributed by atoms with van der Waals surface area (Å²) in [6.45, 7) is 1.78. The molecule has 0 aliphatic heterocycles. The first kappa shape index (κ1) is 16.4. The van der Waals surface area contributed by atoms with Gasteiger partial charge in [0.1, 0.15) is 11.5 Å². The van der Waals surface area contributed by atoms with Gasteiger partial charge in [-0.1, -0.05) is 0 Å². The second-order valence-corrected chi connectivity index (χ2v) is 5.23. The Hall–Kier alpha value is -1.70. The Kier molecular flexibility index (Phi) is 5.87. The third-order valence-electron chi connectivity index (χ3n) is 2.66. The summed E-state index contributed by atoms with van der Waals surface area (Å²) in [6, 6.07) is 1.99. The number of nitrogens with zero attached hydrogens (tertiary/aromatic N) is 1. The van der Waals surface area contributed by atoms with Gasteiger partial charge >= 0.3 is 5.97 Å². The fourth-order valence-electron chi connectivity index (χ4n) is 1.70. The number of halogens is 2. The van der Waals surface area contributed by atoms with Crippen LogP contribution in [0.5, 0.6) is 0 Å². The number of hydrogen-bond acceptors (Lipinski definition) is 4. The number of carboxylic acid groups (broad SMARTS) is 1. The first-order valence-electron chi connectivity index (χ1n) is 5.93. The van der Waals surface area contributed by atoms with Gasteiger partial charge in [0.2, 0.25) is 0 Å². The number of nitrogens with one attached hydrogen (secondary N) is 1. The molecule has 0 fully saturated rings. The highest BCUT2D eigenvalue weighted by Gasteiger charge is 2.19. The largest absolute Gasteiger partial charge is 0.481 e. The van der Waals surface area contributed by atoms with Crippen molar-refractivity contribution in [2.45, 2.75) is 32.2 Å². The molecule has 0 aliphatic rings.